The first-order valence-electron chi connectivity index (χ1n) is 4.04. The van der Waals surface area contributed by atoms with Gasteiger partial charge in [0.15, 0.2) is 0 Å². The zero-order chi connectivity index (χ0) is 11.3. The highest BCUT2D eigenvalue weighted by atomic mass is 32.2. The van der Waals surface area contributed by atoms with Crippen LogP contribution in [0.5, 0.6) is 5.88 Å². The van der Waals surface area contributed by atoms with Crippen molar-refractivity contribution in [1.82, 2.24) is 9.97 Å². The monoisotopic (exact) mass is 229 g/mol. The van der Waals surface area contributed by atoms with Crippen LogP contribution in [0.15, 0.2) is 11.1 Å². The van der Waals surface area contributed by atoms with Crippen LogP contribution in [0.2, 0.25) is 0 Å². The minimum absolute atomic E-state index is 0.113. The summed E-state index contributed by atoms with van der Waals surface area (Å²) in [4.78, 5) is 18.6. The third-order valence-corrected chi connectivity index (χ3v) is 2.36. The van der Waals surface area contributed by atoms with Crippen molar-refractivity contribution in [2.75, 3.05) is 25.7 Å². The van der Waals surface area contributed by atoms with Gasteiger partial charge >= 0.3 is 5.97 Å². The fraction of sp³-hybridized carbons (Fsp3) is 0.375. The van der Waals surface area contributed by atoms with Gasteiger partial charge in [0, 0.05) is 6.07 Å². The number of nitrogens with two attached hydrogens (primary N) is 1. The molecular weight excluding hydrogens is 218 g/mol. The van der Waals surface area contributed by atoms with Gasteiger partial charge in [0.1, 0.15) is 5.03 Å². The van der Waals surface area contributed by atoms with Gasteiger partial charge in [-0.3, -0.25) is 4.79 Å². The molecule has 0 aliphatic heterocycles. The maximum absolute atomic E-state index is 10.9. The molecule has 0 aliphatic rings. The Morgan fingerprint density at radius 1 is 1.53 bits per heavy atom. The lowest BCUT2D eigenvalue weighted by molar-refractivity contribution is -0.137. The van der Waals surface area contributed by atoms with Crippen molar-refractivity contribution in [2.24, 2.45) is 0 Å². The van der Waals surface area contributed by atoms with E-state index < -0.39 is 0 Å². The lowest BCUT2D eigenvalue weighted by Gasteiger charge is -2.03. The molecule has 6 nitrogen and oxygen atoms in total. The highest BCUT2D eigenvalue weighted by Gasteiger charge is 2.06. The Bertz CT molecular complexity index is 359. The third-order valence-electron chi connectivity index (χ3n) is 1.47. The van der Waals surface area contributed by atoms with Gasteiger partial charge in [-0.2, -0.15) is 4.98 Å². The number of hydrogen-bond donors (Lipinski definition) is 1. The van der Waals surface area contributed by atoms with E-state index in [2.05, 4.69) is 14.7 Å². The minimum atomic E-state index is -0.323. The van der Waals surface area contributed by atoms with Crippen molar-refractivity contribution in [3.8, 4) is 5.88 Å². The summed E-state index contributed by atoms with van der Waals surface area (Å²) < 4.78 is 9.40. The fourth-order valence-electron chi connectivity index (χ4n) is 0.791. The Balaban J connectivity index is 2.68. The number of carbonyl (C=O) groups excluding carboxylic acids is 1. The van der Waals surface area contributed by atoms with E-state index >= 15 is 0 Å². The molecule has 0 bridgehead atoms. The summed E-state index contributed by atoms with van der Waals surface area (Å²) in [6, 6.07) is 1.60. The Morgan fingerprint density at radius 2 is 2.27 bits per heavy atom. The number of nitrogen functional groups attached to an aromatic ring is 1. The molecule has 1 heterocycles. The van der Waals surface area contributed by atoms with Gasteiger partial charge in [-0.1, -0.05) is 11.8 Å². The summed E-state index contributed by atoms with van der Waals surface area (Å²) in [6.45, 7) is 0. The van der Waals surface area contributed by atoms with Crippen LogP contribution in [0, 0.1) is 0 Å². The number of esters is 1. The first kappa shape index (κ1) is 11.6. The van der Waals surface area contributed by atoms with E-state index in [1.165, 1.54) is 26.0 Å². The Morgan fingerprint density at radius 3 is 2.87 bits per heavy atom. The molecule has 0 spiro atoms. The number of nitrogens with zero attached hydrogens (tertiary/aromatic N) is 2. The van der Waals surface area contributed by atoms with E-state index in [-0.39, 0.29) is 17.7 Å². The third kappa shape index (κ3) is 3.62. The first-order chi connectivity index (χ1) is 7.15. The molecule has 82 valence electrons. The first-order valence-corrected chi connectivity index (χ1v) is 5.02. The van der Waals surface area contributed by atoms with Crippen LogP contribution in [0.3, 0.4) is 0 Å². The molecule has 0 saturated carbocycles. The number of thioether (sulfide) groups is 1. The van der Waals surface area contributed by atoms with Gasteiger partial charge in [0.05, 0.1) is 20.0 Å². The van der Waals surface area contributed by atoms with Crippen LogP contribution in [-0.2, 0) is 9.53 Å². The number of ether oxygens (including phenoxy) is 2. The van der Waals surface area contributed by atoms with Crippen molar-refractivity contribution >= 4 is 23.7 Å². The number of hydrogen-bond acceptors (Lipinski definition) is 7. The zero-order valence-corrected chi connectivity index (χ0v) is 9.21. The van der Waals surface area contributed by atoms with Crippen molar-refractivity contribution in [2.45, 2.75) is 5.03 Å². The van der Waals surface area contributed by atoms with E-state index in [0.717, 1.165) is 0 Å². The Kier molecular flexibility index (Phi) is 4.17. The molecule has 0 fully saturated rings. The molecule has 0 aromatic carbocycles. The molecule has 7 heteroatoms. The van der Waals surface area contributed by atoms with Gasteiger partial charge in [0.2, 0.25) is 11.8 Å². The van der Waals surface area contributed by atoms with Crippen LogP contribution in [0.1, 0.15) is 0 Å². The van der Waals surface area contributed by atoms with Gasteiger partial charge < -0.3 is 15.2 Å². The van der Waals surface area contributed by atoms with E-state index in [0.29, 0.717) is 10.9 Å². The summed E-state index contributed by atoms with van der Waals surface area (Å²) in [6.07, 6.45) is 0. The summed E-state index contributed by atoms with van der Waals surface area (Å²) in [5.41, 5.74) is 5.44. The highest BCUT2D eigenvalue weighted by molar-refractivity contribution is 7.99. The van der Waals surface area contributed by atoms with Crippen molar-refractivity contribution in [1.29, 1.82) is 0 Å². The predicted molar refractivity (Wildman–Crippen MR) is 55.7 cm³/mol. The lowest BCUT2D eigenvalue weighted by atomic mass is 10.6. The smallest absolute Gasteiger partial charge is 0.316 e. The number of aromatic nitrogens is 2. The molecule has 0 atom stereocenters. The Labute approximate surface area is 91.2 Å². The van der Waals surface area contributed by atoms with Crippen molar-refractivity contribution in [3.63, 3.8) is 0 Å². The predicted octanol–water partition coefficient (Wildman–Crippen LogP) is 0.332. The molecule has 0 aliphatic carbocycles. The average Bonchev–Trinajstić information content (AvgIpc) is 2.25. The molecule has 1 aromatic rings. The average molecular weight is 229 g/mol. The largest absolute Gasteiger partial charge is 0.481 e. The highest BCUT2D eigenvalue weighted by Crippen LogP contribution is 2.20. The maximum Gasteiger partial charge on any atom is 0.316 e. The molecule has 1 rings (SSSR count). The molecule has 0 amide bonds. The van der Waals surface area contributed by atoms with Crippen LogP contribution in [-0.4, -0.2) is 35.9 Å². The van der Waals surface area contributed by atoms with Gasteiger partial charge in [0.25, 0.3) is 0 Å². The second kappa shape index (κ2) is 5.40. The number of methoxy groups -OCH3 is 2. The maximum atomic E-state index is 10.9. The zero-order valence-electron chi connectivity index (χ0n) is 8.39. The van der Waals surface area contributed by atoms with Gasteiger partial charge in [-0.05, 0) is 0 Å². The molecule has 1 aromatic heterocycles. The Hall–Kier alpha value is -1.50. The summed E-state index contributed by atoms with van der Waals surface area (Å²) in [5, 5.41) is 0.574. The number of carbonyl (C=O) groups is 1. The van der Waals surface area contributed by atoms with E-state index in [1.54, 1.807) is 6.07 Å². The van der Waals surface area contributed by atoms with E-state index in [1.807, 2.05) is 0 Å². The van der Waals surface area contributed by atoms with Crippen LogP contribution in [0.4, 0.5) is 5.95 Å². The molecule has 2 N–H and O–H groups in total. The minimum Gasteiger partial charge on any atom is -0.481 e. The topological polar surface area (TPSA) is 87.3 Å². The number of anilines is 1. The molecule has 15 heavy (non-hydrogen) atoms. The summed E-state index contributed by atoms with van der Waals surface area (Å²) in [7, 11) is 2.81. The van der Waals surface area contributed by atoms with Crippen LogP contribution >= 0.6 is 11.8 Å². The molecular formula is C8H11N3O3S. The van der Waals surface area contributed by atoms with Crippen LogP contribution < -0.4 is 10.5 Å². The normalized spacial score (nSPS) is 9.73. The summed E-state index contributed by atoms with van der Waals surface area (Å²) in [5.74, 6) is 0.337. The van der Waals surface area contributed by atoms with Gasteiger partial charge in [-0.15, -0.1) is 0 Å². The molecule has 0 unspecified atom stereocenters. The van der Waals surface area contributed by atoms with E-state index in [9.17, 15) is 4.79 Å². The van der Waals surface area contributed by atoms with Gasteiger partial charge in [-0.25, -0.2) is 4.98 Å². The van der Waals surface area contributed by atoms with Crippen molar-refractivity contribution < 1.29 is 14.3 Å². The quantitative estimate of drug-likeness (QED) is 0.452. The van der Waals surface area contributed by atoms with Crippen molar-refractivity contribution in [3.05, 3.63) is 6.07 Å². The lowest BCUT2D eigenvalue weighted by Crippen LogP contribution is -2.04. The summed E-state index contributed by atoms with van der Waals surface area (Å²) >= 11 is 1.21. The SMILES string of the molecule is COC(=O)CSc1cc(OC)nc(N)n1. The van der Waals surface area contributed by atoms with Crippen LogP contribution in [0.25, 0.3) is 0 Å². The fourth-order valence-corrected chi connectivity index (χ4v) is 1.52. The molecule has 0 radical (unpaired) electrons. The second-order valence-electron chi connectivity index (χ2n) is 2.47. The molecule has 0 saturated heterocycles. The number of rotatable bonds is 4. The standard InChI is InChI=1S/C8H11N3O3S/c1-13-5-3-6(11-8(9)10-5)15-4-7(12)14-2/h3H,4H2,1-2H3,(H2,9,10,11). The van der Waals surface area contributed by atoms with E-state index in [4.69, 9.17) is 10.5 Å². The second-order valence-corrected chi connectivity index (χ2v) is 3.47.